The van der Waals surface area contributed by atoms with Crippen molar-refractivity contribution in [2.24, 2.45) is 0 Å². The summed E-state index contributed by atoms with van der Waals surface area (Å²) in [6.45, 7) is 2.03. The van der Waals surface area contributed by atoms with Crippen molar-refractivity contribution in [3.63, 3.8) is 0 Å². The standard InChI is InChI=1S/C17H13N3S/c1-12-6-2-3-7-13(12)10-14(11-18)21-17-19-15-8-4-5-9-16(15)20-17/h2-10H,1H3,(H,19,20). The number of hydrogen-bond donors (Lipinski definition) is 1. The number of nitrogens with zero attached hydrogens (tertiary/aromatic N) is 2. The Morgan fingerprint density at radius 3 is 2.71 bits per heavy atom. The van der Waals surface area contributed by atoms with Crippen molar-refractivity contribution >= 4 is 28.9 Å². The second-order valence-electron chi connectivity index (χ2n) is 4.64. The molecule has 3 nitrogen and oxygen atoms in total. The minimum atomic E-state index is 0.614. The molecule has 0 spiro atoms. The molecule has 0 bridgehead atoms. The van der Waals surface area contributed by atoms with E-state index in [1.165, 1.54) is 11.8 Å². The van der Waals surface area contributed by atoms with Gasteiger partial charge in [-0.1, -0.05) is 36.4 Å². The number of nitriles is 1. The third kappa shape index (κ3) is 2.99. The topological polar surface area (TPSA) is 52.5 Å². The van der Waals surface area contributed by atoms with Crippen molar-refractivity contribution in [3.05, 3.63) is 64.6 Å². The Hall–Kier alpha value is -2.51. The predicted octanol–water partition coefficient (Wildman–Crippen LogP) is 4.53. The number of aryl methyl sites for hydroxylation is 1. The molecular formula is C17H13N3S. The Kier molecular flexibility index (Phi) is 3.76. The molecule has 4 heteroatoms. The fourth-order valence-electron chi connectivity index (χ4n) is 2.06. The molecule has 1 aromatic heterocycles. The maximum atomic E-state index is 9.33. The smallest absolute Gasteiger partial charge is 0.171 e. The van der Waals surface area contributed by atoms with Gasteiger partial charge >= 0.3 is 0 Å². The highest BCUT2D eigenvalue weighted by atomic mass is 32.2. The van der Waals surface area contributed by atoms with E-state index in [1.807, 2.05) is 61.5 Å². The van der Waals surface area contributed by atoms with Crippen LogP contribution in [0.3, 0.4) is 0 Å². The zero-order chi connectivity index (χ0) is 14.7. The Balaban J connectivity index is 1.91. The number of imidazole rings is 1. The lowest BCUT2D eigenvalue weighted by molar-refractivity contribution is 1.09. The third-order valence-electron chi connectivity index (χ3n) is 3.16. The number of aromatic amines is 1. The average molecular weight is 291 g/mol. The van der Waals surface area contributed by atoms with Gasteiger partial charge < -0.3 is 4.98 Å². The van der Waals surface area contributed by atoms with Gasteiger partial charge in [0.2, 0.25) is 0 Å². The molecule has 0 unspecified atom stereocenters. The van der Waals surface area contributed by atoms with Gasteiger partial charge in [0.05, 0.1) is 15.9 Å². The lowest BCUT2D eigenvalue weighted by Crippen LogP contribution is -1.81. The second kappa shape index (κ2) is 5.86. The maximum absolute atomic E-state index is 9.33. The number of nitrogens with one attached hydrogen (secondary N) is 1. The number of aromatic nitrogens is 2. The van der Waals surface area contributed by atoms with Crippen LogP contribution in [0.5, 0.6) is 0 Å². The van der Waals surface area contributed by atoms with E-state index in [9.17, 15) is 5.26 Å². The summed E-state index contributed by atoms with van der Waals surface area (Å²) >= 11 is 1.35. The van der Waals surface area contributed by atoms with Crippen LogP contribution in [0.1, 0.15) is 11.1 Å². The number of thioether (sulfide) groups is 1. The van der Waals surface area contributed by atoms with Crippen LogP contribution in [0.4, 0.5) is 0 Å². The number of allylic oxidation sites excluding steroid dienone is 1. The van der Waals surface area contributed by atoms with Crippen LogP contribution in [-0.2, 0) is 0 Å². The molecule has 2 aromatic carbocycles. The first-order valence-corrected chi connectivity index (χ1v) is 7.38. The van der Waals surface area contributed by atoms with Crippen molar-refractivity contribution in [1.82, 2.24) is 9.97 Å². The third-order valence-corrected chi connectivity index (χ3v) is 3.98. The molecular weight excluding hydrogens is 278 g/mol. The molecule has 102 valence electrons. The van der Waals surface area contributed by atoms with Gasteiger partial charge in [0.25, 0.3) is 0 Å². The summed E-state index contributed by atoms with van der Waals surface area (Å²) < 4.78 is 0. The first kappa shape index (κ1) is 13.5. The summed E-state index contributed by atoms with van der Waals surface area (Å²) in [5.74, 6) is 0. The molecule has 3 rings (SSSR count). The lowest BCUT2D eigenvalue weighted by atomic mass is 10.1. The predicted molar refractivity (Wildman–Crippen MR) is 86.7 cm³/mol. The van der Waals surface area contributed by atoms with Crippen molar-refractivity contribution in [2.75, 3.05) is 0 Å². The average Bonchev–Trinajstić information content (AvgIpc) is 2.91. The largest absolute Gasteiger partial charge is 0.333 e. The molecule has 0 atom stereocenters. The van der Waals surface area contributed by atoms with Gasteiger partial charge in [-0.25, -0.2) is 4.98 Å². The summed E-state index contributed by atoms with van der Waals surface area (Å²) in [5, 5.41) is 10.1. The van der Waals surface area contributed by atoms with Crippen LogP contribution < -0.4 is 0 Å². The number of fused-ring (bicyclic) bond motifs is 1. The summed E-state index contributed by atoms with van der Waals surface area (Å²) in [4.78, 5) is 8.31. The number of para-hydroxylation sites is 2. The minimum Gasteiger partial charge on any atom is -0.333 e. The van der Waals surface area contributed by atoms with Crippen molar-refractivity contribution in [1.29, 1.82) is 5.26 Å². The zero-order valence-electron chi connectivity index (χ0n) is 11.5. The highest BCUT2D eigenvalue weighted by molar-refractivity contribution is 8.03. The fraction of sp³-hybridized carbons (Fsp3) is 0.0588. The summed E-state index contributed by atoms with van der Waals surface area (Å²) in [7, 11) is 0. The van der Waals surface area contributed by atoms with E-state index in [0.29, 0.717) is 4.91 Å². The van der Waals surface area contributed by atoms with Crippen LogP contribution in [-0.4, -0.2) is 9.97 Å². The molecule has 21 heavy (non-hydrogen) atoms. The van der Waals surface area contributed by atoms with Gasteiger partial charge in [0.1, 0.15) is 6.07 Å². The molecule has 0 aliphatic rings. The molecule has 1 heterocycles. The first-order chi connectivity index (χ1) is 10.3. The molecule has 3 aromatic rings. The fourth-order valence-corrected chi connectivity index (χ4v) is 2.80. The van der Waals surface area contributed by atoms with Gasteiger partial charge in [-0.3, -0.25) is 0 Å². The van der Waals surface area contributed by atoms with Crippen molar-refractivity contribution < 1.29 is 0 Å². The van der Waals surface area contributed by atoms with E-state index in [0.717, 1.165) is 27.3 Å². The van der Waals surface area contributed by atoms with Crippen LogP contribution in [0.25, 0.3) is 17.1 Å². The Morgan fingerprint density at radius 2 is 1.95 bits per heavy atom. The molecule has 0 radical (unpaired) electrons. The van der Waals surface area contributed by atoms with Crippen molar-refractivity contribution in [3.8, 4) is 6.07 Å². The quantitative estimate of drug-likeness (QED) is 0.570. The monoisotopic (exact) mass is 291 g/mol. The second-order valence-corrected chi connectivity index (χ2v) is 5.67. The maximum Gasteiger partial charge on any atom is 0.171 e. The lowest BCUT2D eigenvalue weighted by Gasteiger charge is -2.00. The van der Waals surface area contributed by atoms with E-state index >= 15 is 0 Å². The number of hydrogen-bond acceptors (Lipinski definition) is 3. The SMILES string of the molecule is Cc1ccccc1C=C(C#N)Sc1nc2ccccc2[nH]1. The highest BCUT2D eigenvalue weighted by Crippen LogP contribution is 2.27. The van der Waals surface area contributed by atoms with E-state index in [2.05, 4.69) is 16.0 Å². The van der Waals surface area contributed by atoms with E-state index in [1.54, 1.807) is 0 Å². The Labute approximate surface area is 127 Å². The number of benzene rings is 2. The number of H-pyrrole nitrogens is 1. The van der Waals surface area contributed by atoms with Gasteiger partial charge in [0, 0.05) is 0 Å². The zero-order valence-corrected chi connectivity index (χ0v) is 12.3. The number of rotatable bonds is 3. The van der Waals surface area contributed by atoms with Crippen LogP contribution >= 0.6 is 11.8 Å². The van der Waals surface area contributed by atoms with Crippen LogP contribution in [0.15, 0.2) is 58.6 Å². The van der Waals surface area contributed by atoms with Gasteiger partial charge in [-0.15, -0.1) is 0 Å². The molecule has 0 fully saturated rings. The highest BCUT2D eigenvalue weighted by Gasteiger charge is 2.06. The molecule has 1 N–H and O–H groups in total. The normalized spacial score (nSPS) is 11.5. The van der Waals surface area contributed by atoms with Crippen molar-refractivity contribution in [2.45, 2.75) is 12.1 Å². The summed E-state index contributed by atoms with van der Waals surface area (Å²) in [6, 6.07) is 18.1. The van der Waals surface area contributed by atoms with E-state index in [-0.39, 0.29) is 0 Å². The van der Waals surface area contributed by atoms with E-state index < -0.39 is 0 Å². The summed E-state index contributed by atoms with van der Waals surface area (Å²) in [6.07, 6.45) is 1.90. The van der Waals surface area contributed by atoms with Crippen LogP contribution in [0, 0.1) is 18.3 Å². The minimum absolute atomic E-state index is 0.614. The summed E-state index contributed by atoms with van der Waals surface area (Å²) in [5.41, 5.74) is 4.09. The van der Waals surface area contributed by atoms with E-state index in [4.69, 9.17) is 0 Å². The molecule has 0 aliphatic carbocycles. The van der Waals surface area contributed by atoms with Gasteiger partial charge in [-0.05, 0) is 48.0 Å². The molecule has 0 amide bonds. The van der Waals surface area contributed by atoms with Crippen LogP contribution in [0.2, 0.25) is 0 Å². The van der Waals surface area contributed by atoms with Gasteiger partial charge in [0.15, 0.2) is 5.16 Å². The Bertz CT molecular complexity index is 823. The molecule has 0 saturated heterocycles. The first-order valence-electron chi connectivity index (χ1n) is 6.56. The molecule has 0 aliphatic heterocycles. The Morgan fingerprint density at radius 1 is 1.19 bits per heavy atom. The molecule has 0 saturated carbocycles. The van der Waals surface area contributed by atoms with Gasteiger partial charge in [-0.2, -0.15) is 5.26 Å².